The van der Waals surface area contributed by atoms with Crippen LogP contribution >= 0.6 is 0 Å². The Bertz CT molecular complexity index is 1150. The van der Waals surface area contributed by atoms with E-state index in [0.717, 1.165) is 67.0 Å². The molecule has 0 amide bonds. The lowest BCUT2D eigenvalue weighted by atomic mass is 10.2. The fourth-order valence-electron chi connectivity index (χ4n) is 3.82. The minimum atomic E-state index is 0.717. The Kier molecular flexibility index (Phi) is 4.70. The summed E-state index contributed by atoms with van der Waals surface area (Å²) in [6, 6.07) is 9.82. The zero-order valence-electron chi connectivity index (χ0n) is 17.1. The Morgan fingerprint density at radius 3 is 2.33 bits per heavy atom. The second-order valence-corrected chi connectivity index (χ2v) is 7.50. The first-order valence-electron chi connectivity index (χ1n) is 10.1. The monoisotopic (exact) mass is 401 g/mol. The number of rotatable bonds is 3. The molecule has 4 aromatic rings. The van der Waals surface area contributed by atoms with Crippen LogP contribution in [0, 0.1) is 13.8 Å². The number of hydrogen-bond acceptors (Lipinski definition) is 8. The van der Waals surface area contributed by atoms with E-state index in [-0.39, 0.29) is 0 Å². The van der Waals surface area contributed by atoms with Gasteiger partial charge in [-0.25, -0.2) is 9.97 Å². The van der Waals surface area contributed by atoms with E-state index in [0.29, 0.717) is 5.82 Å². The van der Waals surface area contributed by atoms with Crippen molar-refractivity contribution in [2.45, 2.75) is 20.3 Å². The molecule has 5 rings (SSSR count). The lowest BCUT2D eigenvalue weighted by Gasteiger charge is -2.23. The van der Waals surface area contributed by atoms with Gasteiger partial charge in [0, 0.05) is 55.5 Å². The van der Waals surface area contributed by atoms with Crippen molar-refractivity contribution >= 4 is 17.4 Å². The molecule has 0 radical (unpaired) electrons. The van der Waals surface area contributed by atoms with Gasteiger partial charge in [0.15, 0.2) is 11.5 Å². The van der Waals surface area contributed by atoms with Crippen LogP contribution in [-0.2, 0) is 0 Å². The van der Waals surface area contributed by atoms with Gasteiger partial charge in [0.2, 0.25) is 5.95 Å². The number of aryl methyl sites for hydroxylation is 2. The normalized spacial score (nSPS) is 14.9. The molecule has 1 aliphatic heterocycles. The highest BCUT2D eigenvalue weighted by molar-refractivity contribution is 5.59. The molecule has 0 aromatic carbocycles. The SMILES string of the molecule is Cc1cc(C)nc(N2CCCN(c3ccc4nnc(-c5ccncc5)n4n3)CC2)n1. The number of nitrogens with zero attached hydrogens (tertiary/aromatic N) is 9. The first kappa shape index (κ1) is 18.4. The maximum atomic E-state index is 4.85. The van der Waals surface area contributed by atoms with Crippen molar-refractivity contribution in [3.63, 3.8) is 0 Å². The quantitative estimate of drug-likeness (QED) is 0.517. The summed E-state index contributed by atoms with van der Waals surface area (Å²) in [7, 11) is 0. The van der Waals surface area contributed by atoms with Gasteiger partial charge >= 0.3 is 0 Å². The zero-order chi connectivity index (χ0) is 20.5. The highest BCUT2D eigenvalue weighted by atomic mass is 15.4. The number of anilines is 2. The molecule has 4 aromatic heterocycles. The zero-order valence-corrected chi connectivity index (χ0v) is 17.1. The third kappa shape index (κ3) is 3.54. The van der Waals surface area contributed by atoms with Gasteiger partial charge in [-0.1, -0.05) is 0 Å². The fraction of sp³-hybridized carbons (Fsp3) is 0.333. The van der Waals surface area contributed by atoms with Gasteiger partial charge in [-0.3, -0.25) is 4.98 Å². The van der Waals surface area contributed by atoms with E-state index >= 15 is 0 Å². The molecule has 0 aliphatic carbocycles. The Morgan fingerprint density at radius 2 is 1.53 bits per heavy atom. The molecule has 0 unspecified atom stereocenters. The summed E-state index contributed by atoms with van der Waals surface area (Å²) in [4.78, 5) is 17.9. The predicted octanol–water partition coefficient (Wildman–Crippen LogP) is 2.31. The summed E-state index contributed by atoms with van der Waals surface area (Å²) >= 11 is 0. The van der Waals surface area contributed by atoms with E-state index in [1.54, 1.807) is 16.9 Å². The molecular formula is C21H23N9. The maximum Gasteiger partial charge on any atom is 0.225 e. The molecule has 9 heteroatoms. The standard InChI is InChI=1S/C21H23N9/c1-15-14-16(2)24-21(23-15)29-11-3-10-28(12-13-29)19-5-4-18-25-26-20(30(18)27-19)17-6-8-22-9-7-17/h4-9,14H,3,10-13H2,1-2H3. The number of hydrogen-bond donors (Lipinski definition) is 0. The van der Waals surface area contributed by atoms with Crippen molar-refractivity contribution < 1.29 is 0 Å². The van der Waals surface area contributed by atoms with Gasteiger partial charge in [-0.05, 0) is 50.6 Å². The van der Waals surface area contributed by atoms with Crippen molar-refractivity contribution in [1.29, 1.82) is 0 Å². The van der Waals surface area contributed by atoms with E-state index in [1.807, 2.05) is 44.2 Å². The van der Waals surface area contributed by atoms with Crippen LogP contribution in [0.2, 0.25) is 0 Å². The molecule has 0 saturated carbocycles. The minimum Gasteiger partial charge on any atom is -0.353 e. The minimum absolute atomic E-state index is 0.717. The van der Waals surface area contributed by atoms with E-state index in [9.17, 15) is 0 Å². The molecule has 0 bridgehead atoms. The Morgan fingerprint density at radius 1 is 0.800 bits per heavy atom. The van der Waals surface area contributed by atoms with Crippen LogP contribution < -0.4 is 9.80 Å². The largest absolute Gasteiger partial charge is 0.353 e. The molecular weight excluding hydrogens is 378 g/mol. The van der Waals surface area contributed by atoms with Crippen LogP contribution in [0.4, 0.5) is 11.8 Å². The average Bonchev–Trinajstić information content (AvgIpc) is 3.01. The molecule has 1 fully saturated rings. The Balaban J connectivity index is 1.40. The van der Waals surface area contributed by atoms with Crippen molar-refractivity contribution in [2.75, 3.05) is 36.0 Å². The number of aromatic nitrogens is 7. The van der Waals surface area contributed by atoms with Gasteiger partial charge < -0.3 is 9.80 Å². The summed E-state index contributed by atoms with van der Waals surface area (Å²) in [5.74, 6) is 2.45. The van der Waals surface area contributed by atoms with Crippen LogP contribution in [0.15, 0.2) is 42.7 Å². The first-order chi connectivity index (χ1) is 14.7. The fourth-order valence-corrected chi connectivity index (χ4v) is 3.82. The van der Waals surface area contributed by atoms with E-state index in [2.05, 4.69) is 34.9 Å². The molecule has 152 valence electrons. The lowest BCUT2D eigenvalue weighted by molar-refractivity contribution is 0.773. The maximum absolute atomic E-state index is 4.85. The molecule has 5 heterocycles. The van der Waals surface area contributed by atoms with Gasteiger partial charge in [0.25, 0.3) is 0 Å². The summed E-state index contributed by atoms with van der Waals surface area (Å²) in [6.07, 6.45) is 4.51. The summed E-state index contributed by atoms with van der Waals surface area (Å²) < 4.78 is 1.81. The topological polar surface area (TPSA) is 88.2 Å². The Labute approximate surface area is 174 Å². The molecule has 0 N–H and O–H groups in total. The highest BCUT2D eigenvalue weighted by Crippen LogP contribution is 2.21. The predicted molar refractivity (Wildman–Crippen MR) is 115 cm³/mol. The molecule has 1 aliphatic rings. The molecule has 1 saturated heterocycles. The average molecular weight is 401 g/mol. The van der Waals surface area contributed by atoms with Crippen LogP contribution in [0.3, 0.4) is 0 Å². The van der Waals surface area contributed by atoms with Crippen LogP contribution in [0.5, 0.6) is 0 Å². The second-order valence-electron chi connectivity index (χ2n) is 7.50. The smallest absolute Gasteiger partial charge is 0.225 e. The first-order valence-corrected chi connectivity index (χ1v) is 10.1. The second kappa shape index (κ2) is 7.66. The summed E-state index contributed by atoms with van der Waals surface area (Å²) in [6.45, 7) is 7.58. The molecule has 30 heavy (non-hydrogen) atoms. The number of fused-ring (bicyclic) bond motifs is 1. The van der Waals surface area contributed by atoms with E-state index in [4.69, 9.17) is 5.10 Å². The van der Waals surface area contributed by atoms with Crippen molar-refractivity contribution in [2.24, 2.45) is 0 Å². The summed E-state index contributed by atoms with van der Waals surface area (Å²) in [5.41, 5.74) is 3.67. The van der Waals surface area contributed by atoms with Crippen LogP contribution in [0.1, 0.15) is 17.8 Å². The van der Waals surface area contributed by atoms with Crippen LogP contribution in [0.25, 0.3) is 17.0 Å². The molecule has 0 spiro atoms. The number of pyridine rings is 1. The molecule has 0 atom stereocenters. The van der Waals surface area contributed by atoms with E-state index in [1.165, 1.54) is 0 Å². The lowest BCUT2D eigenvalue weighted by Crippen LogP contribution is -2.32. The van der Waals surface area contributed by atoms with Gasteiger partial charge in [-0.15, -0.1) is 15.3 Å². The molecule has 9 nitrogen and oxygen atoms in total. The summed E-state index contributed by atoms with van der Waals surface area (Å²) in [5, 5.41) is 13.4. The van der Waals surface area contributed by atoms with E-state index < -0.39 is 0 Å². The third-order valence-electron chi connectivity index (χ3n) is 5.26. The Hall–Kier alpha value is -3.62. The van der Waals surface area contributed by atoms with Gasteiger partial charge in [-0.2, -0.15) is 4.52 Å². The van der Waals surface area contributed by atoms with Crippen molar-refractivity contribution in [3.8, 4) is 11.4 Å². The van der Waals surface area contributed by atoms with Gasteiger partial charge in [0.1, 0.15) is 5.82 Å². The van der Waals surface area contributed by atoms with Gasteiger partial charge in [0.05, 0.1) is 0 Å². The third-order valence-corrected chi connectivity index (χ3v) is 5.26. The van der Waals surface area contributed by atoms with Crippen LogP contribution in [-0.4, -0.2) is 60.9 Å². The van der Waals surface area contributed by atoms with Crippen molar-refractivity contribution in [1.82, 2.24) is 34.8 Å². The van der Waals surface area contributed by atoms with Crippen molar-refractivity contribution in [3.05, 3.63) is 54.1 Å². The highest BCUT2D eigenvalue weighted by Gasteiger charge is 2.19.